The summed E-state index contributed by atoms with van der Waals surface area (Å²) in [6.07, 6.45) is 3.61. The van der Waals surface area contributed by atoms with Crippen LogP contribution in [0.2, 0.25) is 0 Å². The smallest absolute Gasteiger partial charge is 0.142 e. The first-order valence-electron chi connectivity index (χ1n) is 6.79. The summed E-state index contributed by atoms with van der Waals surface area (Å²) in [6.45, 7) is 10.1. The fourth-order valence-electron chi connectivity index (χ4n) is 3.78. The molecule has 0 saturated heterocycles. The number of ketones is 1. The van der Waals surface area contributed by atoms with Crippen molar-refractivity contribution in [1.82, 2.24) is 0 Å². The SMILES string of the molecule is C=C(C)[C@@H]1CC[C@H](C)[C@]2(O)CC[C@H](C)C(=O)[C@H]12. The van der Waals surface area contributed by atoms with Gasteiger partial charge in [0.1, 0.15) is 5.78 Å². The second-order valence-corrected chi connectivity index (χ2v) is 6.24. The average Bonchev–Trinajstić information content (AvgIpc) is 2.26. The molecule has 1 N–H and O–H groups in total. The van der Waals surface area contributed by atoms with E-state index in [-0.39, 0.29) is 29.5 Å². The van der Waals surface area contributed by atoms with Gasteiger partial charge < -0.3 is 5.11 Å². The molecule has 0 unspecified atom stereocenters. The van der Waals surface area contributed by atoms with Crippen molar-refractivity contribution in [3.8, 4) is 0 Å². The molecule has 0 amide bonds. The number of hydrogen-bond donors (Lipinski definition) is 1. The summed E-state index contributed by atoms with van der Waals surface area (Å²) in [5, 5.41) is 10.9. The Hall–Kier alpha value is -0.630. The van der Waals surface area contributed by atoms with Crippen LogP contribution in [-0.2, 0) is 4.79 Å². The van der Waals surface area contributed by atoms with Gasteiger partial charge in [0.15, 0.2) is 0 Å². The molecule has 5 atom stereocenters. The van der Waals surface area contributed by atoms with E-state index in [1.54, 1.807) is 0 Å². The summed E-state index contributed by atoms with van der Waals surface area (Å²) in [5.41, 5.74) is 0.286. The lowest BCUT2D eigenvalue weighted by atomic mass is 9.55. The van der Waals surface area contributed by atoms with Gasteiger partial charge in [-0.15, -0.1) is 0 Å². The Morgan fingerprint density at radius 1 is 1.35 bits per heavy atom. The third kappa shape index (κ3) is 1.87. The van der Waals surface area contributed by atoms with E-state index in [4.69, 9.17) is 0 Å². The molecule has 2 nitrogen and oxygen atoms in total. The van der Waals surface area contributed by atoms with Gasteiger partial charge in [-0.05, 0) is 44.4 Å². The molecule has 2 fully saturated rings. The summed E-state index contributed by atoms with van der Waals surface area (Å²) in [5.74, 6) is 0.587. The lowest BCUT2D eigenvalue weighted by molar-refractivity contribution is -0.164. The third-order valence-electron chi connectivity index (χ3n) is 5.11. The highest BCUT2D eigenvalue weighted by atomic mass is 16.3. The number of hydrogen-bond acceptors (Lipinski definition) is 2. The lowest BCUT2D eigenvalue weighted by Crippen LogP contribution is -2.58. The first kappa shape index (κ1) is 12.8. The molecule has 0 aliphatic heterocycles. The Morgan fingerprint density at radius 3 is 2.59 bits per heavy atom. The average molecular weight is 236 g/mol. The molecule has 2 aliphatic rings. The molecule has 2 saturated carbocycles. The maximum atomic E-state index is 12.4. The van der Waals surface area contributed by atoms with Gasteiger partial charge >= 0.3 is 0 Å². The Morgan fingerprint density at radius 2 is 2.00 bits per heavy atom. The van der Waals surface area contributed by atoms with Gasteiger partial charge in [0.25, 0.3) is 0 Å². The highest BCUT2D eigenvalue weighted by Crippen LogP contribution is 2.50. The molecule has 0 spiro atoms. The normalized spacial score (nSPS) is 46.5. The minimum absolute atomic E-state index is 0.104. The van der Waals surface area contributed by atoms with E-state index in [1.807, 2.05) is 13.8 Å². The summed E-state index contributed by atoms with van der Waals surface area (Å²) < 4.78 is 0. The fourth-order valence-corrected chi connectivity index (χ4v) is 3.78. The summed E-state index contributed by atoms with van der Waals surface area (Å²) in [4.78, 5) is 12.4. The van der Waals surface area contributed by atoms with Crippen LogP contribution in [0.25, 0.3) is 0 Å². The van der Waals surface area contributed by atoms with Crippen molar-refractivity contribution in [2.75, 3.05) is 0 Å². The molecular weight excluding hydrogens is 212 g/mol. The zero-order valence-corrected chi connectivity index (χ0v) is 11.2. The third-order valence-corrected chi connectivity index (χ3v) is 5.11. The van der Waals surface area contributed by atoms with Gasteiger partial charge in [0.2, 0.25) is 0 Å². The van der Waals surface area contributed by atoms with E-state index in [0.717, 1.165) is 31.3 Å². The first-order valence-corrected chi connectivity index (χ1v) is 6.79. The Labute approximate surface area is 104 Å². The van der Waals surface area contributed by atoms with Crippen LogP contribution in [0.4, 0.5) is 0 Å². The number of rotatable bonds is 1. The number of allylic oxidation sites excluding steroid dienone is 1. The van der Waals surface area contributed by atoms with Gasteiger partial charge in [-0.25, -0.2) is 0 Å². The molecule has 2 aliphatic carbocycles. The van der Waals surface area contributed by atoms with E-state index >= 15 is 0 Å². The topological polar surface area (TPSA) is 37.3 Å². The minimum Gasteiger partial charge on any atom is -0.389 e. The van der Waals surface area contributed by atoms with Gasteiger partial charge in [-0.1, -0.05) is 26.0 Å². The van der Waals surface area contributed by atoms with Gasteiger partial charge in [-0.3, -0.25) is 4.79 Å². The monoisotopic (exact) mass is 236 g/mol. The first-order chi connectivity index (χ1) is 7.88. The molecule has 0 radical (unpaired) electrons. The fraction of sp³-hybridized carbons (Fsp3) is 0.800. The second kappa shape index (κ2) is 4.24. The maximum absolute atomic E-state index is 12.4. The number of aliphatic hydroxyl groups is 1. The largest absolute Gasteiger partial charge is 0.389 e. The Kier molecular flexibility index (Phi) is 3.19. The summed E-state index contributed by atoms with van der Waals surface area (Å²) >= 11 is 0. The van der Waals surface area contributed by atoms with Crippen molar-refractivity contribution >= 4 is 5.78 Å². The van der Waals surface area contributed by atoms with Crippen LogP contribution in [0.3, 0.4) is 0 Å². The molecule has 0 aromatic carbocycles. The molecular formula is C15H24O2. The van der Waals surface area contributed by atoms with E-state index in [9.17, 15) is 9.90 Å². The minimum atomic E-state index is -0.772. The molecule has 17 heavy (non-hydrogen) atoms. The maximum Gasteiger partial charge on any atom is 0.142 e. The zero-order valence-electron chi connectivity index (χ0n) is 11.2. The van der Waals surface area contributed by atoms with Gasteiger partial charge in [-0.2, -0.15) is 0 Å². The number of carbonyl (C=O) groups is 1. The van der Waals surface area contributed by atoms with E-state index < -0.39 is 5.60 Å². The van der Waals surface area contributed by atoms with Crippen molar-refractivity contribution in [3.63, 3.8) is 0 Å². The quantitative estimate of drug-likeness (QED) is 0.711. The van der Waals surface area contributed by atoms with Gasteiger partial charge in [0, 0.05) is 5.92 Å². The molecule has 0 aromatic rings. The Bertz CT molecular complexity index is 347. The lowest BCUT2D eigenvalue weighted by Gasteiger charge is -2.52. The van der Waals surface area contributed by atoms with E-state index in [0.29, 0.717) is 0 Å². The predicted molar refractivity (Wildman–Crippen MR) is 68.5 cm³/mol. The zero-order chi connectivity index (χ0) is 12.8. The van der Waals surface area contributed by atoms with Crippen molar-refractivity contribution in [2.24, 2.45) is 23.7 Å². The molecule has 96 valence electrons. The predicted octanol–water partition coefficient (Wildman–Crippen LogP) is 2.95. The van der Waals surface area contributed by atoms with Crippen molar-refractivity contribution < 1.29 is 9.90 Å². The summed E-state index contributed by atoms with van der Waals surface area (Å²) in [7, 11) is 0. The van der Waals surface area contributed by atoms with Crippen molar-refractivity contribution in [2.45, 2.75) is 52.1 Å². The number of fused-ring (bicyclic) bond motifs is 1. The molecule has 0 bridgehead atoms. The van der Waals surface area contributed by atoms with Crippen LogP contribution in [0.1, 0.15) is 46.5 Å². The summed E-state index contributed by atoms with van der Waals surface area (Å²) in [6, 6.07) is 0. The molecule has 0 aromatic heterocycles. The molecule has 0 heterocycles. The van der Waals surface area contributed by atoms with E-state index in [2.05, 4.69) is 13.5 Å². The van der Waals surface area contributed by atoms with Crippen LogP contribution in [0, 0.1) is 23.7 Å². The van der Waals surface area contributed by atoms with Crippen LogP contribution in [-0.4, -0.2) is 16.5 Å². The number of carbonyl (C=O) groups excluding carboxylic acids is 1. The van der Waals surface area contributed by atoms with Crippen LogP contribution in [0.5, 0.6) is 0 Å². The molecule has 2 rings (SSSR count). The second-order valence-electron chi connectivity index (χ2n) is 6.24. The van der Waals surface area contributed by atoms with Crippen molar-refractivity contribution in [1.29, 1.82) is 0 Å². The van der Waals surface area contributed by atoms with Gasteiger partial charge in [0.05, 0.1) is 11.5 Å². The highest BCUT2D eigenvalue weighted by Gasteiger charge is 2.55. The Balaban J connectivity index is 2.38. The van der Waals surface area contributed by atoms with Crippen LogP contribution >= 0.6 is 0 Å². The van der Waals surface area contributed by atoms with E-state index in [1.165, 1.54) is 0 Å². The highest BCUT2D eigenvalue weighted by molar-refractivity contribution is 5.86. The van der Waals surface area contributed by atoms with Crippen molar-refractivity contribution in [3.05, 3.63) is 12.2 Å². The number of Topliss-reactive ketones (excluding diaryl/α,β-unsaturated/α-hetero) is 1. The van der Waals surface area contributed by atoms with Crippen LogP contribution < -0.4 is 0 Å². The standard InChI is InChI=1S/C15H24O2/c1-9(2)12-6-5-11(4)15(17)8-7-10(3)14(16)13(12)15/h10-13,17H,1,5-8H2,2-4H3/t10-,11-,12-,13-,15+/m0/s1. The van der Waals surface area contributed by atoms with Crippen LogP contribution in [0.15, 0.2) is 12.2 Å². The molecule has 2 heteroatoms.